The van der Waals surface area contributed by atoms with Gasteiger partial charge in [-0.15, -0.1) is 0 Å². The van der Waals surface area contributed by atoms with Crippen molar-refractivity contribution in [3.05, 3.63) is 206 Å². The van der Waals surface area contributed by atoms with Gasteiger partial charge in [-0.05, 0) is 98.6 Å². The van der Waals surface area contributed by atoms with Crippen molar-refractivity contribution in [3.63, 3.8) is 0 Å². The molecule has 4 radical (unpaired) electrons. The molecule has 115 heavy (non-hydrogen) atoms. The Balaban J connectivity index is -0.00000123. The zero-order valence-electron chi connectivity index (χ0n) is 70.2. The largest absolute Gasteiger partial charge is 1.00 e. The first-order chi connectivity index (χ1) is 54.9. The molecule has 25 heteroatoms. The van der Waals surface area contributed by atoms with Crippen molar-refractivity contribution in [1.82, 2.24) is 0 Å². The SMILES string of the molecule is C1=C\CC/C=C\CC/1.C1=C\CC/C=C\CC/1.C1CCOC1.C1CCOC1.C1COCCOCCOCCOCCOCCO1.C1COCCOCCOCCOCCOCCO1.C1COCCOCCOCCOCCOCCO1.[Co].[Co].[K+].[K].[K].c1cc[cH-]c1.c1cc[cH-]c1.c1ccc2ccccc2c1.c1ccc2ccccc2c1. The number of allylic oxidation sites excluding steroid dienone is 8. The molecule has 0 N–H and O–H groups in total. The summed E-state index contributed by atoms with van der Waals surface area (Å²) in [4.78, 5) is 0. The maximum Gasteiger partial charge on any atom is 1.00 e. The Morgan fingerprint density at radius 2 is 0.261 bits per heavy atom. The second kappa shape index (κ2) is 105. The number of rotatable bonds is 0. The van der Waals surface area contributed by atoms with Crippen LogP contribution in [-0.2, 0) is 128 Å². The number of hydrogen-bond donors (Lipinski definition) is 0. The molecule has 5 fully saturated rings. The van der Waals surface area contributed by atoms with E-state index in [0.29, 0.717) is 238 Å². The Morgan fingerprint density at radius 1 is 0.157 bits per heavy atom. The molecule has 5 aliphatic heterocycles. The predicted octanol–water partition coefficient (Wildman–Crippen LogP) is 12.0. The molecule has 0 saturated carbocycles. The molecule has 6 aromatic rings. The summed E-state index contributed by atoms with van der Waals surface area (Å²) in [7, 11) is 0. The summed E-state index contributed by atoms with van der Waals surface area (Å²) >= 11 is 0. The zero-order chi connectivity index (χ0) is 77.3. The van der Waals surface area contributed by atoms with Gasteiger partial charge in [0.15, 0.2) is 0 Å². The molecule has 6 aromatic carbocycles. The van der Waals surface area contributed by atoms with Gasteiger partial charge in [0.25, 0.3) is 0 Å². The fraction of sp³-hybridized carbons (Fsp3) is 0.578. The van der Waals surface area contributed by atoms with Crippen LogP contribution in [0.15, 0.2) is 206 Å². The van der Waals surface area contributed by atoms with Gasteiger partial charge in [-0.25, -0.2) is 24.3 Å². The van der Waals surface area contributed by atoms with Gasteiger partial charge < -0.3 is 94.7 Å². The summed E-state index contributed by atoms with van der Waals surface area (Å²) in [5, 5.41) is 5.24. The van der Waals surface area contributed by atoms with Crippen LogP contribution in [0.4, 0.5) is 0 Å². The van der Waals surface area contributed by atoms with Gasteiger partial charge in [-0.3, -0.25) is 0 Å². The molecule has 2 aliphatic carbocycles. The summed E-state index contributed by atoms with van der Waals surface area (Å²) in [6.45, 7) is 25.1. The van der Waals surface area contributed by atoms with E-state index in [1.165, 1.54) is 98.6 Å². The number of fused-ring (bicyclic) bond motifs is 2. The molecular weight excluding hydrogens is 1640 g/mol. The molecule has 13 rings (SSSR count). The molecule has 0 unspecified atom stereocenters. The third-order valence-electron chi connectivity index (χ3n) is 15.4. The van der Waals surface area contributed by atoms with Crippen LogP contribution in [0.25, 0.3) is 21.5 Å². The standard InChI is InChI=1S/3C12H24O6.2C10H8.2C8H12.2C5H5.2C4H8O.2Co.3K/c3*1-2-14-5-6-16-9-10-18-12-11-17-8-7-15-4-3-13-1;2*1-2-6-10-8-4-3-7-9(10)5-1;2*1-2-4-6-8-7-5-3-1;4*1-2-4-5-3-1;;;;;/h3*1-12H2;2*1-8H;2*1-2,7-8H,3-6H2;2*1-5H;2*1-4H2;;;;;/q;;;;;;;2*-1;;;;;;;+1/b;;;;;2*2-1-,8-7-;;;;;;;;;. The molecular formula is C90H138Co2K3O20-. The molecule has 5 heterocycles. The minimum atomic E-state index is 0. The first kappa shape index (κ1) is 119. The van der Waals surface area contributed by atoms with Crippen LogP contribution in [0.5, 0.6) is 0 Å². The second-order valence-corrected chi connectivity index (χ2v) is 24.5. The van der Waals surface area contributed by atoms with Crippen LogP contribution in [0, 0.1) is 0 Å². The van der Waals surface area contributed by atoms with Crippen molar-refractivity contribution in [2.75, 3.05) is 264 Å². The fourth-order valence-electron chi connectivity index (χ4n) is 9.60. The van der Waals surface area contributed by atoms with E-state index in [0.717, 1.165) is 26.4 Å². The van der Waals surface area contributed by atoms with Crippen molar-refractivity contribution in [2.45, 2.75) is 77.0 Å². The quantitative estimate of drug-likeness (QED) is 0.0794. The van der Waals surface area contributed by atoms with Crippen LogP contribution in [-0.4, -0.2) is 367 Å². The van der Waals surface area contributed by atoms with E-state index in [1.54, 1.807) is 0 Å². The monoisotopic (exact) mass is 1770 g/mol. The second-order valence-electron chi connectivity index (χ2n) is 24.5. The molecule has 0 aromatic heterocycles. The van der Waals surface area contributed by atoms with Crippen molar-refractivity contribution in [1.29, 1.82) is 0 Å². The molecule has 0 amide bonds. The van der Waals surface area contributed by atoms with Gasteiger partial charge in [0.2, 0.25) is 0 Å². The number of benzene rings is 4. The Hall–Kier alpha value is 0.182. The van der Waals surface area contributed by atoms with Gasteiger partial charge in [0, 0.05) is 163 Å². The van der Waals surface area contributed by atoms with Gasteiger partial charge in [-0.1, -0.05) is 146 Å². The van der Waals surface area contributed by atoms with Crippen LogP contribution in [0.3, 0.4) is 0 Å². The Kier molecular flexibility index (Phi) is 109. The third kappa shape index (κ3) is 90.3. The summed E-state index contributed by atoms with van der Waals surface area (Å²) in [6, 6.07) is 53.4. The molecule has 7 aliphatic rings. The normalized spacial score (nSPS) is 19.7. The van der Waals surface area contributed by atoms with E-state index in [9.17, 15) is 0 Å². The van der Waals surface area contributed by atoms with Gasteiger partial charge in [0.05, 0.1) is 238 Å². The zero-order valence-corrected chi connectivity index (χ0v) is 81.7. The van der Waals surface area contributed by atoms with Crippen molar-refractivity contribution in [2.24, 2.45) is 0 Å². The van der Waals surface area contributed by atoms with E-state index in [4.69, 9.17) is 94.7 Å². The third-order valence-corrected chi connectivity index (χ3v) is 15.4. The first-order valence-electron chi connectivity index (χ1n) is 40.3. The van der Waals surface area contributed by atoms with E-state index >= 15 is 0 Å². The predicted molar refractivity (Wildman–Crippen MR) is 452 cm³/mol. The molecule has 640 valence electrons. The van der Waals surface area contributed by atoms with Gasteiger partial charge in [0.1, 0.15) is 0 Å². The average Bonchev–Trinajstić information content (AvgIpc) is 1.09. The van der Waals surface area contributed by atoms with Crippen molar-refractivity contribution < 1.29 is 180 Å². The summed E-state index contributed by atoms with van der Waals surface area (Å²) in [5.41, 5.74) is 0. The van der Waals surface area contributed by atoms with Crippen LogP contribution >= 0.6 is 0 Å². The van der Waals surface area contributed by atoms with E-state index < -0.39 is 0 Å². The fourth-order valence-corrected chi connectivity index (χ4v) is 9.60. The smallest absolute Gasteiger partial charge is 0.381 e. The van der Waals surface area contributed by atoms with Crippen LogP contribution in [0.1, 0.15) is 77.0 Å². The van der Waals surface area contributed by atoms with Gasteiger partial charge >= 0.3 is 51.4 Å². The summed E-state index contributed by atoms with van der Waals surface area (Å²) < 4.78 is 106. The minimum Gasteiger partial charge on any atom is -0.381 e. The molecule has 0 spiro atoms. The number of hydrogen-bond acceptors (Lipinski definition) is 20. The van der Waals surface area contributed by atoms with E-state index in [-0.39, 0.29) is 188 Å². The van der Waals surface area contributed by atoms with Gasteiger partial charge in [-0.2, -0.15) is 36.4 Å². The molecule has 0 atom stereocenters. The topological polar surface area (TPSA) is 185 Å². The Bertz CT molecular complexity index is 2170. The molecule has 20 nitrogen and oxygen atoms in total. The van der Waals surface area contributed by atoms with Crippen molar-refractivity contribution >= 4 is 124 Å². The minimum absolute atomic E-state index is 0. The molecule has 0 bridgehead atoms. The van der Waals surface area contributed by atoms with E-state index in [1.807, 2.05) is 60.7 Å². The molecule has 5 saturated heterocycles. The Labute approximate surface area is 840 Å². The number of ether oxygens (including phenoxy) is 20. The maximum absolute atomic E-state index is 5.33. The first-order valence-corrected chi connectivity index (χ1v) is 40.3. The van der Waals surface area contributed by atoms with E-state index in [2.05, 4.69) is 146 Å². The summed E-state index contributed by atoms with van der Waals surface area (Å²) in [5.74, 6) is 0. The Morgan fingerprint density at radius 3 is 0.339 bits per heavy atom. The summed E-state index contributed by atoms with van der Waals surface area (Å²) in [6.07, 6.45) is 33.1. The van der Waals surface area contributed by atoms with Crippen LogP contribution < -0.4 is 51.4 Å². The van der Waals surface area contributed by atoms with Crippen molar-refractivity contribution in [3.8, 4) is 0 Å². The average molecular weight is 1780 g/mol. The maximum atomic E-state index is 5.33. The van der Waals surface area contributed by atoms with Crippen LogP contribution in [0.2, 0.25) is 0 Å².